The standard InChI is InChI=1S/C10H16N4O2S/c1-13(6-3-7-17-2)9-5-4-8(14(15)16)10(11)12-9/h4-5H,3,6-7H2,1-2H3,(H2,11,12). The fourth-order valence-corrected chi connectivity index (χ4v) is 1.80. The maximum absolute atomic E-state index is 10.6. The number of rotatable bonds is 6. The summed E-state index contributed by atoms with van der Waals surface area (Å²) in [6, 6.07) is 3.01. The van der Waals surface area contributed by atoms with Crippen LogP contribution in [-0.2, 0) is 0 Å². The first-order chi connectivity index (χ1) is 8.06. The van der Waals surface area contributed by atoms with Crippen molar-refractivity contribution in [2.24, 2.45) is 0 Å². The Morgan fingerprint density at radius 1 is 1.59 bits per heavy atom. The van der Waals surface area contributed by atoms with Crippen LogP contribution in [-0.4, -0.2) is 35.5 Å². The Kier molecular flexibility index (Phi) is 5.02. The molecule has 0 bridgehead atoms. The summed E-state index contributed by atoms with van der Waals surface area (Å²) in [5.41, 5.74) is 5.38. The van der Waals surface area contributed by atoms with Crippen LogP contribution in [0, 0.1) is 10.1 Å². The summed E-state index contributed by atoms with van der Waals surface area (Å²) in [5.74, 6) is 1.70. The van der Waals surface area contributed by atoms with Crippen LogP contribution in [0.25, 0.3) is 0 Å². The minimum absolute atomic E-state index is 0.0378. The molecule has 0 saturated heterocycles. The summed E-state index contributed by atoms with van der Waals surface area (Å²) >= 11 is 1.79. The quantitative estimate of drug-likeness (QED) is 0.474. The van der Waals surface area contributed by atoms with E-state index < -0.39 is 4.92 Å². The molecule has 1 aromatic rings. The van der Waals surface area contributed by atoms with Crippen LogP contribution in [0.3, 0.4) is 0 Å². The second-order valence-corrected chi connectivity index (χ2v) is 4.58. The average molecular weight is 256 g/mol. The van der Waals surface area contributed by atoms with E-state index in [4.69, 9.17) is 5.73 Å². The third-order valence-electron chi connectivity index (χ3n) is 2.32. The van der Waals surface area contributed by atoms with E-state index in [1.54, 1.807) is 17.8 Å². The van der Waals surface area contributed by atoms with E-state index in [1.807, 2.05) is 11.9 Å². The summed E-state index contributed by atoms with van der Waals surface area (Å²) in [7, 11) is 1.90. The number of nitrogens with zero attached hydrogens (tertiary/aromatic N) is 3. The van der Waals surface area contributed by atoms with E-state index in [-0.39, 0.29) is 11.5 Å². The number of anilines is 2. The summed E-state index contributed by atoms with van der Waals surface area (Å²) in [6.07, 6.45) is 3.10. The molecular formula is C10H16N4O2S. The highest BCUT2D eigenvalue weighted by molar-refractivity contribution is 7.98. The van der Waals surface area contributed by atoms with Crippen LogP contribution in [0.15, 0.2) is 12.1 Å². The molecule has 0 atom stereocenters. The van der Waals surface area contributed by atoms with Gasteiger partial charge in [0, 0.05) is 19.7 Å². The van der Waals surface area contributed by atoms with Crippen molar-refractivity contribution in [3.05, 3.63) is 22.2 Å². The van der Waals surface area contributed by atoms with Gasteiger partial charge in [-0.15, -0.1) is 0 Å². The zero-order valence-electron chi connectivity index (χ0n) is 9.92. The Bertz CT molecular complexity index is 400. The maximum atomic E-state index is 10.6. The molecule has 0 radical (unpaired) electrons. The molecule has 17 heavy (non-hydrogen) atoms. The van der Waals surface area contributed by atoms with E-state index in [2.05, 4.69) is 11.2 Å². The fraction of sp³-hybridized carbons (Fsp3) is 0.500. The molecule has 0 saturated carbocycles. The van der Waals surface area contributed by atoms with Crippen molar-refractivity contribution in [2.75, 3.05) is 36.2 Å². The molecule has 7 heteroatoms. The molecular weight excluding hydrogens is 240 g/mol. The van der Waals surface area contributed by atoms with E-state index >= 15 is 0 Å². The highest BCUT2D eigenvalue weighted by atomic mass is 32.2. The summed E-state index contributed by atoms with van der Waals surface area (Å²) in [6.45, 7) is 0.852. The summed E-state index contributed by atoms with van der Waals surface area (Å²) in [5, 5.41) is 10.6. The SMILES string of the molecule is CSCCCN(C)c1ccc([N+](=O)[O-])c(N)n1. The zero-order valence-corrected chi connectivity index (χ0v) is 10.7. The van der Waals surface area contributed by atoms with Gasteiger partial charge in [0.1, 0.15) is 5.82 Å². The lowest BCUT2D eigenvalue weighted by Crippen LogP contribution is -2.20. The molecule has 0 spiro atoms. The second kappa shape index (κ2) is 6.29. The number of nitrogens with two attached hydrogens (primary N) is 1. The predicted octanol–water partition coefficient (Wildman–Crippen LogP) is 1.76. The molecule has 6 nitrogen and oxygen atoms in total. The van der Waals surface area contributed by atoms with Crippen molar-refractivity contribution in [1.29, 1.82) is 0 Å². The van der Waals surface area contributed by atoms with Gasteiger partial charge in [0.25, 0.3) is 0 Å². The van der Waals surface area contributed by atoms with Crippen LogP contribution < -0.4 is 10.6 Å². The van der Waals surface area contributed by atoms with E-state index in [1.165, 1.54) is 6.07 Å². The Morgan fingerprint density at radius 2 is 2.29 bits per heavy atom. The minimum Gasteiger partial charge on any atom is -0.378 e. The van der Waals surface area contributed by atoms with Crippen molar-refractivity contribution in [1.82, 2.24) is 4.98 Å². The van der Waals surface area contributed by atoms with E-state index in [0.29, 0.717) is 5.82 Å². The van der Waals surface area contributed by atoms with Gasteiger partial charge in [-0.25, -0.2) is 4.98 Å². The number of pyridine rings is 1. The van der Waals surface area contributed by atoms with Crippen molar-refractivity contribution in [2.45, 2.75) is 6.42 Å². The Labute approximate surface area is 104 Å². The Balaban J connectivity index is 2.72. The number of nitro groups is 1. The maximum Gasteiger partial charge on any atom is 0.311 e. The number of thioether (sulfide) groups is 1. The van der Waals surface area contributed by atoms with Gasteiger partial charge in [0.05, 0.1) is 4.92 Å². The molecule has 0 aliphatic rings. The van der Waals surface area contributed by atoms with Gasteiger partial charge >= 0.3 is 5.69 Å². The van der Waals surface area contributed by atoms with Crippen molar-refractivity contribution in [3.63, 3.8) is 0 Å². The third-order valence-corrected chi connectivity index (χ3v) is 3.01. The molecule has 1 aromatic heterocycles. The number of hydrogen-bond donors (Lipinski definition) is 1. The Morgan fingerprint density at radius 3 is 2.82 bits per heavy atom. The largest absolute Gasteiger partial charge is 0.378 e. The monoisotopic (exact) mass is 256 g/mol. The first-order valence-corrected chi connectivity index (χ1v) is 6.56. The highest BCUT2D eigenvalue weighted by Gasteiger charge is 2.14. The normalized spacial score (nSPS) is 10.2. The molecule has 0 aliphatic carbocycles. The zero-order chi connectivity index (χ0) is 12.8. The predicted molar refractivity (Wildman–Crippen MR) is 71.6 cm³/mol. The number of hydrogen-bond acceptors (Lipinski definition) is 6. The van der Waals surface area contributed by atoms with Crippen molar-refractivity contribution >= 4 is 29.1 Å². The number of nitrogen functional groups attached to an aromatic ring is 1. The topological polar surface area (TPSA) is 85.3 Å². The van der Waals surface area contributed by atoms with Gasteiger partial charge in [-0.1, -0.05) is 0 Å². The molecule has 0 amide bonds. The molecule has 1 heterocycles. The lowest BCUT2D eigenvalue weighted by molar-refractivity contribution is -0.384. The molecule has 0 aromatic carbocycles. The Hall–Kier alpha value is -1.50. The van der Waals surface area contributed by atoms with Gasteiger partial charge < -0.3 is 10.6 Å². The van der Waals surface area contributed by atoms with Crippen molar-refractivity contribution < 1.29 is 4.92 Å². The summed E-state index contributed by atoms with van der Waals surface area (Å²) in [4.78, 5) is 16.0. The van der Waals surface area contributed by atoms with E-state index in [9.17, 15) is 10.1 Å². The minimum atomic E-state index is -0.528. The second-order valence-electron chi connectivity index (χ2n) is 3.60. The lowest BCUT2D eigenvalue weighted by atomic mass is 10.3. The summed E-state index contributed by atoms with van der Waals surface area (Å²) < 4.78 is 0. The van der Waals surface area contributed by atoms with Crippen molar-refractivity contribution in [3.8, 4) is 0 Å². The van der Waals surface area contributed by atoms with Crippen LogP contribution in [0.4, 0.5) is 17.3 Å². The highest BCUT2D eigenvalue weighted by Crippen LogP contribution is 2.22. The molecule has 1 rings (SSSR count). The van der Waals surface area contributed by atoms with Gasteiger partial charge in [0.15, 0.2) is 0 Å². The fourth-order valence-electron chi connectivity index (χ4n) is 1.38. The molecule has 2 N–H and O–H groups in total. The molecule has 0 fully saturated rings. The van der Waals surface area contributed by atoms with Crippen LogP contribution >= 0.6 is 11.8 Å². The van der Waals surface area contributed by atoms with Gasteiger partial charge in [-0.3, -0.25) is 10.1 Å². The molecule has 94 valence electrons. The molecule has 0 aliphatic heterocycles. The smallest absolute Gasteiger partial charge is 0.311 e. The van der Waals surface area contributed by atoms with Gasteiger partial charge in [-0.2, -0.15) is 11.8 Å². The number of aromatic nitrogens is 1. The first-order valence-electron chi connectivity index (χ1n) is 5.17. The van der Waals surface area contributed by atoms with Gasteiger partial charge in [-0.05, 0) is 24.5 Å². The average Bonchev–Trinajstić information content (AvgIpc) is 2.28. The lowest BCUT2D eigenvalue weighted by Gasteiger charge is -2.17. The molecule has 0 unspecified atom stereocenters. The van der Waals surface area contributed by atoms with Gasteiger partial charge in [0.2, 0.25) is 5.82 Å². The van der Waals surface area contributed by atoms with Crippen LogP contribution in [0.2, 0.25) is 0 Å². The third kappa shape index (κ3) is 3.77. The van der Waals surface area contributed by atoms with Crippen LogP contribution in [0.5, 0.6) is 0 Å². The van der Waals surface area contributed by atoms with Crippen LogP contribution in [0.1, 0.15) is 6.42 Å². The first kappa shape index (κ1) is 13.6. The van der Waals surface area contributed by atoms with E-state index in [0.717, 1.165) is 18.7 Å².